The van der Waals surface area contributed by atoms with Crippen LogP contribution in [0.15, 0.2) is 11.8 Å². The van der Waals surface area contributed by atoms with Gasteiger partial charge in [-0.2, -0.15) is 0 Å². The molecule has 0 spiro atoms. The highest BCUT2D eigenvalue weighted by Gasteiger charge is 1.94. The Morgan fingerprint density at radius 3 is 1.89 bits per heavy atom. The van der Waals surface area contributed by atoms with Crippen LogP contribution in [0, 0.1) is 6.58 Å². The lowest BCUT2D eigenvalue weighted by molar-refractivity contribution is -0.141. The van der Waals surface area contributed by atoms with Crippen molar-refractivity contribution >= 4 is 5.97 Å². The van der Waals surface area contributed by atoms with Gasteiger partial charge in [-0.05, 0) is 31.9 Å². The van der Waals surface area contributed by atoms with Crippen LogP contribution in [0.2, 0.25) is 0 Å². The molecule has 0 N–H and O–H groups in total. The maximum atomic E-state index is 10.5. The molecule has 2 nitrogen and oxygen atoms in total. The molecule has 0 unspecified atom stereocenters. The fourth-order valence-corrected chi connectivity index (χ4v) is 2.06. The molecule has 0 aliphatic rings. The van der Waals surface area contributed by atoms with Crippen LogP contribution in [-0.2, 0) is 9.53 Å². The van der Waals surface area contributed by atoms with Crippen molar-refractivity contribution in [2.45, 2.75) is 77.6 Å². The summed E-state index contributed by atoms with van der Waals surface area (Å²) in [7, 11) is 0. The Bertz CT molecular complexity index is 240. The zero-order valence-corrected chi connectivity index (χ0v) is 12.5. The first-order chi connectivity index (χ1) is 9.27. The number of carbonyl (C=O) groups is 1. The van der Waals surface area contributed by atoms with Crippen molar-refractivity contribution in [2.24, 2.45) is 0 Å². The smallest absolute Gasteiger partial charge is 0.302 e. The molecular weight excluding hydrogens is 236 g/mol. The Labute approximate surface area is 118 Å². The average Bonchev–Trinajstić information content (AvgIpc) is 2.39. The second-order valence-corrected chi connectivity index (χ2v) is 5.04. The topological polar surface area (TPSA) is 26.3 Å². The van der Waals surface area contributed by atoms with Crippen LogP contribution in [0.25, 0.3) is 0 Å². The van der Waals surface area contributed by atoms with Crippen molar-refractivity contribution in [1.29, 1.82) is 0 Å². The lowest BCUT2D eigenvalue weighted by Crippen LogP contribution is -2.00. The number of allylic oxidation sites excluding steroid dienone is 1. The molecule has 0 aromatic rings. The molecule has 0 aliphatic carbocycles. The summed E-state index contributed by atoms with van der Waals surface area (Å²) in [6, 6.07) is 0. The summed E-state index contributed by atoms with van der Waals surface area (Å²) in [6.45, 7) is 7.20. The van der Waals surface area contributed by atoms with Gasteiger partial charge in [0.15, 0.2) is 0 Å². The van der Waals surface area contributed by atoms with Gasteiger partial charge >= 0.3 is 5.97 Å². The van der Waals surface area contributed by atoms with Crippen molar-refractivity contribution in [1.82, 2.24) is 0 Å². The molecule has 0 aromatic heterocycles. The molecule has 0 atom stereocenters. The van der Waals surface area contributed by atoms with Crippen molar-refractivity contribution in [2.75, 3.05) is 6.61 Å². The normalized spacial score (nSPS) is 9.95. The Balaban J connectivity index is 2.99. The summed E-state index contributed by atoms with van der Waals surface area (Å²) in [5.74, 6) is -0.167. The summed E-state index contributed by atoms with van der Waals surface area (Å²) in [4.78, 5) is 10.5. The van der Waals surface area contributed by atoms with Gasteiger partial charge in [-0.15, -0.1) is 5.73 Å². The van der Waals surface area contributed by atoms with E-state index in [0.29, 0.717) is 6.61 Å². The lowest BCUT2D eigenvalue weighted by atomic mass is 10.1. The molecule has 0 heterocycles. The zero-order valence-electron chi connectivity index (χ0n) is 12.5. The summed E-state index contributed by atoms with van der Waals surface area (Å²) in [5.41, 5.74) is 2.56. The second kappa shape index (κ2) is 15.0. The second-order valence-electron chi connectivity index (χ2n) is 5.04. The molecule has 1 radical (unpaired) electrons. The fraction of sp³-hybridized carbons (Fsp3) is 0.765. The van der Waals surface area contributed by atoms with Gasteiger partial charge in [0.25, 0.3) is 0 Å². The van der Waals surface area contributed by atoms with E-state index in [0.717, 1.165) is 12.8 Å². The minimum atomic E-state index is -0.167. The third kappa shape index (κ3) is 17.0. The van der Waals surface area contributed by atoms with E-state index < -0.39 is 0 Å². The highest BCUT2D eigenvalue weighted by Crippen LogP contribution is 2.11. The number of rotatable bonds is 13. The number of hydrogen-bond acceptors (Lipinski definition) is 2. The van der Waals surface area contributed by atoms with E-state index >= 15 is 0 Å². The molecule has 19 heavy (non-hydrogen) atoms. The van der Waals surface area contributed by atoms with Gasteiger partial charge in [0.05, 0.1) is 6.61 Å². The van der Waals surface area contributed by atoms with E-state index in [1.54, 1.807) is 0 Å². The number of ether oxygens (including phenoxy) is 1. The van der Waals surface area contributed by atoms with Crippen LogP contribution in [0.4, 0.5) is 0 Å². The Hall–Kier alpha value is -1.01. The Morgan fingerprint density at radius 1 is 0.947 bits per heavy atom. The van der Waals surface area contributed by atoms with E-state index in [-0.39, 0.29) is 5.97 Å². The lowest BCUT2D eigenvalue weighted by Gasteiger charge is -2.03. The van der Waals surface area contributed by atoms with Crippen molar-refractivity contribution < 1.29 is 9.53 Å². The standard InChI is InChI=1S/C17H29O2/c1-3-4-5-6-7-8-9-10-11-12-13-14-15-16-19-17(2)18/h1,4H,5-16H2,2H3. The summed E-state index contributed by atoms with van der Waals surface area (Å²) >= 11 is 0. The van der Waals surface area contributed by atoms with E-state index in [9.17, 15) is 4.79 Å². The highest BCUT2D eigenvalue weighted by molar-refractivity contribution is 5.65. The number of carbonyl (C=O) groups excluding carboxylic acids is 1. The first kappa shape index (κ1) is 18.0. The molecule has 0 bridgehead atoms. The third-order valence-electron chi connectivity index (χ3n) is 3.17. The molecular formula is C17H29O2. The maximum absolute atomic E-state index is 10.5. The first-order valence-corrected chi connectivity index (χ1v) is 7.68. The SMILES string of the molecule is [CH]=C=CCCCCCCCCCCCCOC(C)=O. The van der Waals surface area contributed by atoms with Crippen molar-refractivity contribution in [3.63, 3.8) is 0 Å². The minimum absolute atomic E-state index is 0.167. The van der Waals surface area contributed by atoms with Gasteiger partial charge in [-0.1, -0.05) is 51.4 Å². The highest BCUT2D eigenvalue weighted by atomic mass is 16.5. The first-order valence-electron chi connectivity index (χ1n) is 7.68. The van der Waals surface area contributed by atoms with Gasteiger partial charge in [0.1, 0.15) is 0 Å². The molecule has 0 saturated heterocycles. The van der Waals surface area contributed by atoms with Crippen LogP contribution in [0.3, 0.4) is 0 Å². The maximum Gasteiger partial charge on any atom is 0.302 e. The molecule has 0 rings (SSSR count). The van der Waals surface area contributed by atoms with Crippen LogP contribution in [-0.4, -0.2) is 12.6 Å². The number of unbranched alkanes of at least 4 members (excludes halogenated alkanes) is 10. The molecule has 0 fully saturated rings. The van der Waals surface area contributed by atoms with Gasteiger partial charge in [0.2, 0.25) is 0 Å². The number of esters is 1. The van der Waals surface area contributed by atoms with Crippen LogP contribution >= 0.6 is 0 Å². The summed E-state index contributed by atoms with van der Waals surface area (Å²) < 4.78 is 4.89. The van der Waals surface area contributed by atoms with E-state index in [1.807, 2.05) is 6.08 Å². The molecule has 0 saturated carbocycles. The minimum Gasteiger partial charge on any atom is -0.466 e. The quantitative estimate of drug-likeness (QED) is 0.266. The van der Waals surface area contributed by atoms with Crippen molar-refractivity contribution in [3.8, 4) is 0 Å². The van der Waals surface area contributed by atoms with Gasteiger partial charge < -0.3 is 4.74 Å². The Morgan fingerprint density at radius 2 is 1.42 bits per heavy atom. The molecule has 0 amide bonds. The van der Waals surface area contributed by atoms with E-state index in [2.05, 4.69) is 5.73 Å². The number of hydrogen-bond donors (Lipinski definition) is 0. The van der Waals surface area contributed by atoms with Crippen LogP contribution < -0.4 is 0 Å². The van der Waals surface area contributed by atoms with Gasteiger partial charge in [-0.25, -0.2) is 0 Å². The van der Waals surface area contributed by atoms with Crippen LogP contribution in [0.1, 0.15) is 77.6 Å². The predicted octanol–water partition coefficient (Wildman–Crippen LogP) is 4.98. The summed E-state index contributed by atoms with van der Waals surface area (Å²) in [6.07, 6.45) is 15.7. The largest absolute Gasteiger partial charge is 0.466 e. The molecule has 109 valence electrons. The third-order valence-corrected chi connectivity index (χ3v) is 3.17. The zero-order chi connectivity index (χ0) is 14.2. The summed E-state index contributed by atoms with van der Waals surface area (Å²) in [5, 5.41) is 0. The van der Waals surface area contributed by atoms with Gasteiger partial charge in [-0.3, -0.25) is 4.79 Å². The van der Waals surface area contributed by atoms with Crippen LogP contribution in [0.5, 0.6) is 0 Å². The fourth-order valence-electron chi connectivity index (χ4n) is 2.06. The molecule has 2 heteroatoms. The Kier molecular flexibility index (Phi) is 14.2. The molecule has 0 aromatic carbocycles. The average molecular weight is 265 g/mol. The van der Waals surface area contributed by atoms with E-state index in [1.165, 1.54) is 64.7 Å². The van der Waals surface area contributed by atoms with E-state index in [4.69, 9.17) is 11.3 Å². The van der Waals surface area contributed by atoms with Crippen molar-refractivity contribution in [3.05, 3.63) is 18.4 Å². The van der Waals surface area contributed by atoms with Gasteiger partial charge in [0, 0.05) is 6.92 Å². The predicted molar refractivity (Wildman–Crippen MR) is 79.8 cm³/mol. The molecule has 0 aliphatic heterocycles. The monoisotopic (exact) mass is 265 g/mol.